The Kier molecular flexibility index (Phi) is 6.18. The lowest BCUT2D eigenvalue weighted by Crippen LogP contribution is -2.20. The molecular formula is C12H15F3N2O4S. The van der Waals surface area contributed by atoms with Crippen molar-refractivity contribution >= 4 is 27.3 Å². The summed E-state index contributed by atoms with van der Waals surface area (Å²) in [6.45, 7) is -1.74. The Balaban J connectivity index is 2.39. The summed E-state index contributed by atoms with van der Waals surface area (Å²) in [6, 6.07) is 5.80. The standard InChI is InChI=1S/C12H15F3N2O4S/c1-22(19,20)17-10-4-2-9(3-5-10)16-11(18)6-7-21-8-12(13,14)15/h2-5,17H,6-8H2,1H3,(H,16,18). The Morgan fingerprint density at radius 3 is 2.23 bits per heavy atom. The summed E-state index contributed by atoms with van der Waals surface area (Å²) in [6.07, 6.45) is -3.64. The van der Waals surface area contributed by atoms with Crippen LogP contribution in [0.15, 0.2) is 24.3 Å². The highest BCUT2D eigenvalue weighted by Gasteiger charge is 2.27. The average Bonchev–Trinajstić information content (AvgIpc) is 2.34. The summed E-state index contributed by atoms with van der Waals surface area (Å²) < 4.78 is 64.0. The van der Waals surface area contributed by atoms with Gasteiger partial charge in [-0.1, -0.05) is 0 Å². The minimum atomic E-state index is -4.42. The third-order valence-electron chi connectivity index (χ3n) is 2.21. The van der Waals surface area contributed by atoms with Crippen molar-refractivity contribution in [1.29, 1.82) is 0 Å². The number of anilines is 2. The Hall–Kier alpha value is -1.81. The number of hydrogen-bond donors (Lipinski definition) is 2. The number of ether oxygens (including phenoxy) is 1. The SMILES string of the molecule is CS(=O)(=O)Nc1ccc(NC(=O)CCOCC(F)(F)F)cc1. The number of carbonyl (C=O) groups excluding carboxylic acids is 1. The van der Waals surface area contributed by atoms with Crippen molar-refractivity contribution < 1.29 is 31.1 Å². The molecule has 0 aliphatic heterocycles. The van der Waals surface area contributed by atoms with Gasteiger partial charge in [-0.25, -0.2) is 8.42 Å². The van der Waals surface area contributed by atoms with Crippen LogP contribution in [0.3, 0.4) is 0 Å². The summed E-state index contributed by atoms with van der Waals surface area (Å²) >= 11 is 0. The first-order valence-corrected chi connectivity index (χ1v) is 7.96. The first-order chi connectivity index (χ1) is 10.1. The number of halogens is 3. The van der Waals surface area contributed by atoms with Crippen molar-refractivity contribution in [2.75, 3.05) is 29.5 Å². The van der Waals surface area contributed by atoms with Crippen molar-refractivity contribution in [3.8, 4) is 0 Å². The van der Waals surface area contributed by atoms with Gasteiger partial charge >= 0.3 is 6.18 Å². The molecule has 0 unspecified atom stereocenters. The van der Waals surface area contributed by atoms with Crippen LogP contribution < -0.4 is 10.0 Å². The van der Waals surface area contributed by atoms with E-state index in [9.17, 15) is 26.4 Å². The highest BCUT2D eigenvalue weighted by Crippen LogP contribution is 2.16. The fourth-order valence-electron chi connectivity index (χ4n) is 1.41. The van der Waals surface area contributed by atoms with Gasteiger partial charge in [0.1, 0.15) is 6.61 Å². The molecule has 10 heteroatoms. The van der Waals surface area contributed by atoms with Crippen molar-refractivity contribution in [3.63, 3.8) is 0 Å². The third-order valence-corrected chi connectivity index (χ3v) is 2.82. The molecule has 1 aromatic carbocycles. The highest BCUT2D eigenvalue weighted by atomic mass is 32.2. The van der Waals surface area contributed by atoms with Crippen molar-refractivity contribution in [1.82, 2.24) is 0 Å². The lowest BCUT2D eigenvalue weighted by molar-refractivity contribution is -0.174. The topological polar surface area (TPSA) is 84.5 Å². The number of nitrogens with one attached hydrogen (secondary N) is 2. The smallest absolute Gasteiger partial charge is 0.372 e. The maximum absolute atomic E-state index is 11.8. The van der Waals surface area contributed by atoms with Crippen molar-refractivity contribution in [3.05, 3.63) is 24.3 Å². The Morgan fingerprint density at radius 2 is 1.73 bits per heavy atom. The average molecular weight is 340 g/mol. The van der Waals surface area contributed by atoms with E-state index in [4.69, 9.17) is 0 Å². The number of rotatable bonds is 7. The van der Waals surface area contributed by atoms with E-state index < -0.39 is 28.7 Å². The van der Waals surface area contributed by atoms with Crippen LogP contribution >= 0.6 is 0 Å². The first-order valence-electron chi connectivity index (χ1n) is 6.07. The summed E-state index contributed by atoms with van der Waals surface area (Å²) in [7, 11) is -3.39. The lowest BCUT2D eigenvalue weighted by Gasteiger charge is -2.09. The molecule has 1 amide bonds. The fraction of sp³-hybridized carbons (Fsp3) is 0.417. The summed E-state index contributed by atoms with van der Waals surface area (Å²) in [5.74, 6) is -0.508. The molecule has 0 aliphatic rings. The molecule has 0 spiro atoms. The van der Waals surface area contributed by atoms with Gasteiger partial charge in [-0.05, 0) is 24.3 Å². The summed E-state index contributed by atoms with van der Waals surface area (Å²) in [5.41, 5.74) is 0.717. The zero-order valence-electron chi connectivity index (χ0n) is 11.6. The van der Waals surface area contributed by atoms with Gasteiger partial charge in [-0.3, -0.25) is 9.52 Å². The van der Waals surface area contributed by atoms with Crippen molar-refractivity contribution in [2.45, 2.75) is 12.6 Å². The van der Waals surface area contributed by atoms with Crippen LogP contribution in [-0.2, 0) is 19.6 Å². The van der Waals surface area contributed by atoms with Crippen LogP contribution in [0.2, 0.25) is 0 Å². The van der Waals surface area contributed by atoms with E-state index in [0.29, 0.717) is 11.4 Å². The summed E-state index contributed by atoms with van der Waals surface area (Å²) in [4.78, 5) is 11.5. The molecule has 1 aromatic rings. The number of hydrogen-bond acceptors (Lipinski definition) is 4. The molecule has 0 saturated carbocycles. The Labute approximate surface area is 125 Å². The van der Waals surface area contributed by atoms with Gasteiger partial charge in [0.2, 0.25) is 15.9 Å². The van der Waals surface area contributed by atoms with E-state index in [1.54, 1.807) is 0 Å². The molecule has 0 bridgehead atoms. The number of benzene rings is 1. The Bertz CT molecular complexity index is 600. The lowest BCUT2D eigenvalue weighted by atomic mass is 10.3. The van der Waals surface area contributed by atoms with Crippen LogP contribution in [0.1, 0.15) is 6.42 Å². The highest BCUT2D eigenvalue weighted by molar-refractivity contribution is 7.92. The molecule has 124 valence electrons. The van der Waals surface area contributed by atoms with E-state index in [1.165, 1.54) is 24.3 Å². The third kappa shape index (κ3) is 8.47. The van der Waals surface area contributed by atoms with Gasteiger partial charge < -0.3 is 10.1 Å². The number of sulfonamides is 1. The van der Waals surface area contributed by atoms with Gasteiger partial charge in [-0.2, -0.15) is 13.2 Å². The van der Waals surface area contributed by atoms with Gasteiger partial charge in [0, 0.05) is 11.4 Å². The molecule has 0 aliphatic carbocycles. The zero-order chi connectivity index (χ0) is 16.8. The van der Waals surface area contributed by atoms with Gasteiger partial charge in [0.25, 0.3) is 0 Å². The van der Waals surface area contributed by atoms with Crippen molar-refractivity contribution in [2.24, 2.45) is 0 Å². The fourth-order valence-corrected chi connectivity index (χ4v) is 1.98. The minimum Gasteiger partial charge on any atom is -0.372 e. The molecule has 2 N–H and O–H groups in total. The maximum atomic E-state index is 11.8. The number of amides is 1. The maximum Gasteiger partial charge on any atom is 0.411 e. The predicted molar refractivity (Wildman–Crippen MR) is 75.0 cm³/mol. The molecule has 1 rings (SSSR count). The van der Waals surface area contributed by atoms with E-state index in [-0.39, 0.29) is 13.0 Å². The number of alkyl halides is 3. The minimum absolute atomic E-state index is 0.223. The normalized spacial score (nSPS) is 12.0. The molecule has 0 atom stereocenters. The van der Waals surface area contributed by atoms with E-state index in [0.717, 1.165) is 6.26 Å². The van der Waals surface area contributed by atoms with E-state index in [1.807, 2.05) is 0 Å². The Morgan fingerprint density at radius 1 is 1.18 bits per heavy atom. The van der Waals surface area contributed by atoms with Crippen LogP contribution in [0.4, 0.5) is 24.5 Å². The molecular weight excluding hydrogens is 325 g/mol. The molecule has 6 nitrogen and oxygen atoms in total. The largest absolute Gasteiger partial charge is 0.411 e. The predicted octanol–water partition coefficient (Wildman–Crippen LogP) is 1.97. The quantitative estimate of drug-likeness (QED) is 0.743. The number of carbonyl (C=O) groups is 1. The van der Waals surface area contributed by atoms with Crippen LogP contribution in [0.25, 0.3) is 0 Å². The van der Waals surface area contributed by atoms with Gasteiger partial charge in [0.05, 0.1) is 19.3 Å². The van der Waals surface area contributed by atoms with Gasteiger partial charge in [-0.15, -0.1) is 0 Å². The molecule has 0 aromatic heterocycles. The summed E-state index contributed by atoms with van der Waals surface area (Å²) in [5, 5.41) is 2.45. The zero-order valence-corrected chi connectivity index (χ0v) is 12.4. The molecule has 0 fully saturated rings. The molecule has 22 heavy (non-hydrogen) atoms. The van der Waals surface area contributed by atoms with Gasteiger partial charge in [0.15, 0.2) is 0 Å². The second kappa shape index (κ2) is 7.45. The second-order valence-corrected chi connectivity index (χ2v) is 6.17. The molecule has 0 heterocycles. The second-order valence-electron chi connectivity index (χ2n) is 4.42. The molecule has 0 saturated heterocycles. The first kappa shape index (κ1) is 18.2. The van der Waals surface area contributed by atoms with E-state index >= 15 is 0 Å². The van der Waals surface area contributed by atoms with Crippen LogP contribution in [0.5, 0.6) is 0 Å². The van der Waals surface area contributed by atoms with Crippen LogP contribution in [0, 0.1) is 0 Å². The molecule has 0 radical (unpaired) electrons. The van der Waals surface area contributed by atoms with Crippen LogP contribution in [-0.4, -0.2) is 40.0 Å². The monoisotopic (exact) mass is 340 g/mol. The van der Waals surface area contributed by atoms with E-state index in [2.05, 4.69) is 14.8 Å².